The highest BCUT2D eigenvalue weighted by Gasteiger charge is 2.19. The predicted octanol–water partition coefficient (Wildman–Crippen LogP) is 4.95. The van der Waals surface area contributed by atoms with Crippen molar-refractivity contribution in [3.8, 4) is 0 Å². The molecule has 0 atom stereocenters. The highest BCUT2D eigenvalue weighted by atomic mass is 35.5. The van der Waals surface area contributed by atoms with Crippen molar-refractivity contribution in [2.45, 2.75) is 59.6 Å². The van der Waals surface area contributed by atoms with Crippen LogP contribution in [0.2, 0.25) is 5.02 Å². The first-order valence-electron chi connectivity index (χ1n) is 9.31. The van der Waals surface area contributed by atoms with Crippen LogP contribution in [0.4, 0.5) is 4.39 Å². The van der Waals surface area contributed by atoms with Crippen molar-refractivity contribution in [2.75, 3.05) is 13.3 Å². The number of hydrogen-bond acceptors (Lipinski definition) is 3. The maximum atomic E-state index is 12.3. The Morgan fingerprint density at radius 1 is 1.11 bits per heavy atom. The molecule has 0 N–H and O–H groups in total. The van der Waals surface area contributed by atoms with Gasteiger partial charge < -0.3 is 4.74 Å². The van der Waals surface area contributed by atoms with Crippen LogP contribution in [-0.4, -0.2) is 23.1 Å². The normalized spacial score (nSPS) is 11.1. The average molecular weight is 397 g/mol. The van der Waals surface area contributed by atoms with E-state index in [2.05, 4.69) is 5.10 Å². The zero-order valence-electron chi connectivity index (χ0n) is 16.9. The van der Waals surface area contributed by atoms with Crippen LogP contribution >= 0.6 is 11.6 Å². The Morgan fingerprint density at radius 2 is 1.70 bits per heavy atom. The number of aryl methyl sites for hydroxylation is 2. The van der Waals surface area contributed by atoms with Gasteiger partial charge in [0.05, 0.1) is 24.9 Å². The zero-order chi connectivity index (χ0) is 20.4. The maximum absolute atomic E-state index is 12.3. The van der Waals surface area contributed by atoms with Gasteiger partial charge in [0, 0.05) is 0 Å². The Kier molecular flexibility index (Phi) is 9.67. The summed E-state index contributed by atoms with van der Waals surface area (Å²) in [5.74, 6) is 0. The number of halogens is 2. The van der Waals surface area contributed by atoms with E-state index in [0.29, 0.717) is 13.0 Å². The molecule has 4 nitrogen and oxygen atoms in total. The second kappa shape index (κ2) is 11.2. The van der Waals surface area contributed by atoms with Crippen LogP contribution in [0.25, 0.3) is 0 Å². The number of benzene rings is 1. The summed E-state index contributed by atoms with van der Waals surface area (Å²) in [5.41, 5.74) is 2.23. The smallest absolute Gasteiger partial charge is 0.286 e. The molecule has 1 heterocycles. The Labute approximate surface area is 166 Å². The van der Waals surface area contributed by atoms with Gasteiger partial charge in [0.1, 0.15) is 11.7 Å². The number of ether oxygens (including phenoxy) is 1. The highest BCUT2D eigenvalue weighted by molar-refractivity contribution is 6.31. The first-order chi connectivity index (χ1) is 12.8. The van der Waals surface area contributed by atoms with Gasteiger partial charge in [-0.2, -0.15) is 5.10 Å². The van der Waals surface area contributed by atoms with Gasteiger partial charge >= 0.3 is 0 Å². The largest absolute Gasteiger partial charge is 0.374 e. The first kappa shape index (κ1) is 23.3. The van der Waals surface area contributed by atoms with E-state index in [1.165, 1.54) is 4.68 Å². The van der Waals surface area contributed by atoms with Gasteiger partial charge in [-0.1, -0.05) is 49.7 Å². The van der Waals surface area contributed by atoms with E-state index in [0.717, 1.165) is 23.1 Å². The Hall–Kier alpha value is -1.72. The van der Waals surface area contributed by atoms with Crippen LogP contribution in [0.3, 0.4) is 0 Å². The topological polar surface area (TPSA) is 44.1 Å². The highest BCUT2D eigenvalue weighted by Crippen LogP contribution is 2.16. The minimum Gasteiger partial charge on any atom is -0.374 e. The van der Waals surface area contributed by atoms with Crippen molar-refractivity contribution in [3.05, 3.63) is 62.5 Å². The van der Waals surface area contributed by atoms with Crippen LogP contribution in [0.15, 0.2) is 35.3 Å². The fourth-order valence-electron chi connectivity index (χ4n) is 2.44. The van der Waals surface area contributed by atoms with Gasteiger partial charge in [-0.3, -0.25) is 4.79 Å². The van der Waals surface area contributed by atoms with Gasteiger partial charge in [0.2, 0.25) is 0 Å². The number of hydrogen-bond donors (Lipinski definition) is 0. The predicted molar refractivity (Wildman–Crippen MR) is 109 cm³/mol. The van der Waals surface area contributed by atoms with Gasteiger partial charge in [-0.15, -0.1) is 0 Å². The molecule has 0 spiro atoms. The monoisotopic (exact) mass is 396 g/mol. The van der Waals surface area contributed by atoms with Gasteiger partial charge in [-0.25, -0.2) is 9.07 Å². The lowest BCUT2D eigenvalue weighted by molar-refractivity contribution is 0.106. The molecule has 1 aromatic carbocycles. The molecule has 2 rings (SSSR count). The minimum atomic E-state index is -0.471. The van der Waals surface area contributed by atoms with Crippen molar-refractivity contribution in [1.82, 2.24) is 9.78 Å². The number of rotatable bonds is 7. The van der Waals surface area contributed by atoms with Crippen LogP contribution in [0.1, 0.15) is 51.3 Å². The van der Waals surface area contributed by atoms with Crippen molar-refractivity contribution in [3.63, 3.8) is 0 Å². The van der Waals surface area contributed by atoms with E-state index in [1.54, 1.807) is 6.20 Å². The van der Waals surface area contributed by atoms with Gasteiger partial charge in [0.25, 0.3) is 5.56 Å². The second-order valence-corrected chi connectivity index (χ2v) is 7.31. The summed E-state index contributed by atoms with van der Waals surface area (Å²) in [4.78, 5) is 12.3. The maximum Gasteiger partial charge on any atom is 0.286 e. The Morgan fingerprint density at radius 3 is 2.26 bits per heavy atom. The lowest BCUT2D eigenvalue weighted by atomic mass is 10.0. The summed E-state index contributed by atoms with van der Waals surface area (Å²) in [6.07, 6.45) is 3.07. The van der Waals surface area contributed by atoms with Crippen LogP contribution < -0.4 is 5.56 Å². The van der Waals surface area contributed by atoms with Crippen LogP contribution in [-0.2, 0) is 29.7 Å². The minimum absolute atomic E-state index is 0.118. The molecule has 0 unspecified atom stereocenters. The number of aromatic nitrogens is 2. The molecule has 0 saturated carbocycles. The molecule has 0 aliphatic heterocycles. The summed E-state index contributed by atoms with van der Waals surface area (Å²) >= 11 is 6.25. The van der Waals surface area contributed by atoms with Crippen LogP contribution in [0.5, 0.6) is 0 Å². The third-order valence-corrected chi connectivity index (χ3v) is 4.23. The van der Waals surface area contributed by atoms with E-state index in [4.69, 9.17) is 16.3 Å². The SMILES string of the molecule is CC.CC(C)(C)n1ncc(CCc2ccc(COCCF)cc2)c(Cl)c1=O. The molecule has 27 heavy (non-hydrogen) atoms. The lowest BCUT2D eigenvalue weighted by Crippen LogP contribution is -2.36. The Balaban J connectivity index is 0.00000176. The molecule has 0 radical (unpaired) electrons. The fraction of sp³-hybridized carbons (Fsp3) is 0.524. The molecule has 1 aromatic heterocycles. The molecule has 0 aliphatic rings. The van der Waals surface area contributed by atoms with E-state index in [9.17, 15) is 9.18 Å². The molecule has 6 heteroatoms. The summed E-state index contributed by atoms with van der Waals surface area (Å²) < 4.78 is 18.6. The van der Waals surface area contributed by atoms with Crippen molar-refractivity contribution >= 4 is 11.6 Å². The third kappa shape index (κ3) is 7.07. The first-order valence-corrected chi connectivity index (χ1v) is 9.69. The van der Waals surface area contributed by atoms with E-state index in [-0.39, 0.29) is 17.2 Å². The van der Waals surface area contributed by atoms with Crippen molar-refractivity contribution < 1.29 is 9.13 Å². The molecule has 0 fully saturated rings. The number of alkyl halides is 1. The fourth-order valence-corrected chi connectivity index (χ4v) is 2.67. The van der Waals surface area contributed by atoms with E-state index < -0.39 is 12.2 Å². The molecular weight excluding hydrogens is 367 g/mol. The summed E-state index contributed by atoms with van der Waals surface area (Å²) in [7, 11) is 0. The van der Waals surface area contributed by atoms with Gasteiger partial charge in [0.15, 0.2) is 0 Å². The molecule has 0 aliphatic carbocycles. The summed E-state index contributed by atoms with van der Waals surface area (Å²) in [6, 6.07) is 7.94. The van der Waals surface area contributed by atoms with Gasteiger partial charge in [-0.05, 0) is 50.3 Å². The summed E-state index contributed by atoms with van der Waals surface area (Å²) in [5, 5.41) is 4.49. The number of nitrogens with zero attached hydrogens (tertiary/aromatic N) is 2. The molecule has 2 aromatic rings. The van der Waals surface area contributed by atoms with Crippen LogP contribution in [0, 0.1) is 0 Å². The lowest BCUT2D eigenvalue weighted by Gasteiger charge is -2.21. The van der Waals surface area contributed by atoms with Crippen molar-refractivity contribution in [1.29, 1.82) is 0 Å². The van der Waals surface area contributed by atoms with E-state index in [1.807, 2.05) is 58.9 Å². The summed E-state index contributed by atoms with van der Waals surface area (Å²) in [6.45, 7) is 9.79. The molecule has 0 saturated heterocycles. The second-order valence-electron chi connectivity index (χ2n) is 6.93. The quantitative estimate of drug-likeness (QED) is 0.622. The molecule has 0 amide bonds. The third-order valence-electron chi connectivity index (χ3n) is 3.82. The molecule has 150 valence electrons. The van der Waals surface area contributed by atoms with Crippen molar-refractivity contribution in [2.24, 2.45) is 0 Å². The standard InChI is InChI=1S/C19H24ClFN2O2.C2H6/c1-19(2,3)23-18(24)17(20)16(12-22-23)9-8-14-4-6-15(7-5-14)13-25-11-10-21;1-2/h4-7,12H,8-11,13H2,1-3H3;1-2H3. The van der Waals surface area contributed by atoms with E-state index >= 15 is 0 Å². The molecule has 0 bridgehead atoms. The Bertz CT molecular complexity index is 752. The average Bonchev–Trinajstić information content (AvgIpc) is 2.65. The zero-order valence-corrected chi connectivity index (χ0v) is 17.6. The molecular formula is C21H30ClFN2O2.